The van der Waals surface area contributed by atoms with Crippen LogP contribution in [0.3, 0.4) is 0 Å². The minimum Gasteiger partial charge on any atom is -0.408 e. The molecule has 7 heteroatoms. The standard InChI is InChI=1S/C15H12ClN3O3/c16-10-2-1-3-11(7-10)18-14(20)17-8-9-4-5-13-12(6-9)19-15(21)22-13/h1-7H,8H2,(H,19,21)(H2,17,18,20). The topological polar surface area (TPSA) is 87.1 Å². The summed E-state index contributed by atoms with van der Waals surface area (Å²) >= 11 is 5.85. The van der Waals surface area contributed by atoms with Crippen molar-refractivity contribution in [2.45, 2.75) is 6.54 Å². The van der Waals surface area contributed by atoms with Crippen LogP contribution in [0.1, 0.15) is 5.56 Å². The van der Waals surface area contributed by atoms with Crippen molar-refractivity contribution in [3.8, 4) is 0 Å². The maximum atomic E-state index is 11.8. The van der Waals surface area contributed by atoms with Crippen molar-refractivity contribution in [2.24, 2.45) is 0 Å². The third kappa shape index (κ3) is 3.29. The number of hydrogen-bond donors (Lipinski definition) is 3. The lowest BCUT2D eigenvalue weighted by Crippen LogP contribution is -2.28. The molecular formula is C15H12ClN3O3. The highest BCUT2D eigenvalue weighted by Crippen LogP contribution is 2.15. The predicted octanol–water partition coefficient (Wildman–Crippen LogP) is 3.10. The number of aromatic nitrogens is 1. The first-order chi connectivity index (χ1) is 10.6. The van der Waals surface area contributed by atoms with Crippen molar-refractivity contribution in [1.82, 2.24) is 10.3 Å². The molecule has 0 aliphatic carbocycles. The fourth-order valence-corrected chi connectivity index (χ4v) is 2.22. The average Bonchev–Trinajstić information content (AvgIpc) is 2.84. The number of urea groups is 1. The fraction of sp³-hybridized carbons (Fsp3) is 0.0667. The third-order valence-corrected chi connectivity index (χ3v) is 3.25. The van der Waals surface area contributed by atoms with Crippen LogP contribution in [0.25, 0.3) is 11.1 Å². The second-order valence-corrected chi connectivity index (χ2v) is 5.10. The second kappa shape index (κ2) is 5.95. The Balaban J connectivity index is 1.63. The summed E-state index contributed by atoms with van der Waals surface area (Å²) < 4.78 is 4.92. The highest BCUT2D eigenvalue weighted by atomic mass is 35.5. The van der Waals surface area contributed by atoms with E-state index in [1.807, 2.05) is 0 Å². The van der Waals surface area contributed by atoms with Crippen molar-refractivity contribution >= 4 is 34.4 Å². The molecule has 0 aliphatic heterocycles. The molecule has 0 unspecified atom stereocenters. The predicted molar refractivity (Wildman–Crippen MR) is 84.1 cm³/mol. The minimum absolute atomic E-state index is 0.315. The van der Waals surface area contributed by atoms with Crippen molar-refractivity contribution < 1.29 is 9.21 Å². The number of anilines is 1. The molecule has 3 N–H and O–H groups in total. The lowest BCUT2D eigenvalue weighted by Gasteiger charge is -2.08. The average molecular weight is 318 g/mol. The van der Waals surface area contributed by atoms with Crippen LogP contribution in [0.15, 0.2) is 51.7 Å². The van der Waals surface area contributed by atoms with Crippen molar-refractivity contribution in [3.63, 3.8) is 0 Å². The van der Waals surface area contributed by atoms with E-state index >= 15 is 0 Å². The van der Waals surface area contributed by atoms with Crippen LogP contribution in [0, 0.1) is 0 Å². The molecule has 0 fully saturated rings. The molecule has 0 saturated carbocycles. The first-order valence-electron chi connectivity index (χ1n) is 6.52. The maximum absolute atomic E-state index is 11.8. The molecule has 0 aliphatic rings. The van der Waals surface area contributed by atoms with Crippen LogP contribution in [-0.4, -0.2) is 11.0 Å². The Kier molecular flexibility index (Phi) is 3.84. The number of carbonyl (C=O) groups excluding carboxylic acids is 1. The molecule has 2 aromatic carbocycles. The number of benzene rings is 2. The van der Waals surface area contributed by atoms with Gasteiger partial charge in [-0.2, -0.15) is 0 Å². The lowest BCUT2D eigenvalue weighted by atomic mass is 10.2. The van der Waals surface area contributed by atoms with Gasteiger partial charge in [0, 0.05) is 17.3 Å². The Morgan fingerprint density at radius 2 is 2.09 bits per heavy atom. The summed E-state index contributed by atoms with van der Waals surface area (Å²) in [5, 5.41) is 5.95. The smallest absolute Gasteiger partial charge is 0.408 e. The normalized spacial score (nSPS) is 10.6. The number of oxazole rings is 1. The summed E-state index contributed by atoms with van der Waals surface area (Å²) in [6.45, 7) is 0.315. The summed E-state index contributed by atoms with van der Waals surface area (Å²) in [6, 6.07) is 11.7. The molecule has 112 valence electrons. The lowest BCUT2D eigenvalue weighted by molar-refractivity contribution is 0.251. The van der Waals surface area contributed by atoms with Crippen molar-refractivity contribution in [3.05, 3.63) is 63.6 Å². The van der Waals surface area contributed by atoms with E-state index in [9.17, 15) is 9.59 Å². The van der Waals surface area contributed by atoms with E-state index in [1.165, 1.54) is 0 Å². The maximum Gasteiger partial charge on any atom is 0.417 e. The van der Waals surface area contributed by atoms with E-state index in [1.54, 1.807) is 42.5 Å². The van der Waals surface area contributed by atoms with Crippen LogP contribution >= 0.6 is 11.6 Å². The van der Waals surface area contributed by atoms with Gasteiger partial charge in [-0.3, -0.25) is 4.98 Å². The number of amides is 2. The molecule has 2 amide bonds. The first-order valence-corrected chi connectivity index (χ1v) is 6.90. The highest BCUT2D eigenvalue weighted by molar-refractivity contribution is 6.30. The van der Waals surface area contributed by atoms with Gasteiger partial charge in [-0.25, -0.2) is 9.59 Å². The molecule has 1 heterocycles. The van der Waals surface area contributed by atoms with Gasteiger partial charge < -0.3 is 15.1 Å². The van der Waals surface area contributed by atoms with E-state index in [4.69, 9.17) is 16.0 Å². The monoisotopic (exact) mass is 317 g/mol. The summed E-state index contributed by atoms with van der Waals surface area (Å²) in [5.41, 5.74) is 2.53. The number of nitrogens with one attached hydrogen (secondary N) is 3. The van der Waals surface area contributed by atoms with Gasteiger partial charge in [0.25, 0.3) is 0 Å². The van der Waals surface area contributed by atoms with Crippen LogP contribution in [0.2, 0.25) is 5.02 Å². The van der Waals surface area contributed by atoms with Gasteiger partial charge >= 0.3 is 11.8 Å². The molecule has 0 radical (unpaired) electrons. The zero-order valence-corrected chi connectivity index (χ0v) is 12.1. The molecule has 0 bridgehead atoms. The highest BCUT2D eigenvalue weighted by Gasteiger charge is 2.05. The van der Waals surface area contributed by atoms with Gasteiger partial charge in [-0.05, 0) is 35.9 Å². The van der Waals surface area contributed by atoms with Gasteiger partial charge in [-0.1, -0.05) is 23.7 Å². The van der Waals surface area contributed by atoms with Gasteiger partial charge in [0.2, 0.25) is 0 Å². The number of fused-ring (bicyclic) bond motifs is 1. The summed E-state index contributed by atoms with van der Waals surface area (Å²) in [4.78, 5) is 25.5. The van der Waals surface area contributed by atoms with E-state index in [0.717, 1.165) is 5.56 Å². The van der Waals surface area contributed by atoms with Crippen LogP contribution in [0.5, 0.6) is 0 Å². The molecule has 1 aromatic heterocycles. The molecule has 0 saturated heterocycles. The number of hydrogen-bond acceptors (Lipinski definition) is 3. The molecular weight excluding hydrogens is 306 g/mol. The number of aromatic amines is 1. The third-order valence-electron chi connectivity index (χ3n) is 3.02. The van der Waals surface area contributed by atoms with Gasteiger partial charge in [0.1, 0.15) is 0 Å². The Morgan fingerprint density at radius 1 is 1.23 bits per heavy atom. The summed E-state index contributed by atoms with van der Waals surface area (Å²) in [7, 11) is 0. The molecule has 6 nitrogen and oxygen atoms in total. The van der Waals surface area contributed by atoms with Crippen molar-refractivity contribution in [1.29, 1.82) is 0 Å². The van der Waals surface area contributed by atoms with Gasteiger partial charge in [-0.15, -0.1) is 0 Å². The van der Waals surface area contributed by atoms with Crippen LogP contribution in [-0.2, 0) is 6.54 Å². The second-order valence-electron chi connectivity index (χ2n) is 4.66. The SMILES string of the molecule is O=C(NCc1ccc2oc(=O)[nH]c2c1)Nc1cccc(Cl)c1. The van der Waals surface area contributed by atoms with Crippen LogP contribution in [0.4, 0.5) is 10.5 Å². The summed E-state index contributed by atoms with van der Waals surface area (Å²) in [6.07, 6.45) is 0. The molecule has 0 spiro atoms. The van der Waals surface area contributed by atoms with E-state index in [-0.39, 0.29) is 6.03 Å². The van der Waals surface area contributed by atoms with Gasteiger partial charge in [0.05, 0.1) is 5.52 Å². The number of H-pyrrole nitrogens is 1. The zero-order chi connectivity index (χ0) is 15.5. The Morgan fingerprint density at radius 3 is 2.91 bits per heavy atom. The molecule has 3 aromatic rings. The number of halogens is 1. The molecule has 3 rings (SSSR count). The molecule has 22 heavy (non-hydrogen) atoms. The largest absolute Gasteiger partial charge is 0.417 e. The summed E-state index contributed by atoms with van der Waals surface area (Å²) in [5.74, 6) is -0.501. The van der Waals surface area contributed by atoms with E-state index < -0.39 is 5.76 Å². The Bertz CT molecular complexity index is 885. The first kappa shape index (κ1) is 14.2. The van der Waals surface area contributed by atoms with Gasteiger partial charge in [0.15, 0.2) is 5.58 Å². The van der Waals surface area contributed by atoms with Crippen molar-refractivity contribution in [2.75, 3.05) is 5.32 Å². The van der Waals surface area contributed by atoms with E-state index in [0.29, 0.717) is 28.4 Å². The van der Waals surface area contributed by atoms with Crippen LogP contribution < -0.4 is 16.4 Å². The Labute approximate surface area is 130 Å². The number of carbonyl (C=O) groups is 1. The minimum atomic E-state index is -0.501. The number of rotatable bonds is 3. The molecule has 0 atom stereocenters. The Hall–Kier alpha value is -2.73. The quantitative estimate of drug-likeness (QED) is 0.693. The van der Waals surface area contributed by atoms with E-state index in [2.05, 4.69) is 15.6 Å². The fourth-order valence-electron chi connectivity index (χ4n) is 2.03. The zero-order valence-electron chi connectivity index (χ0n) is 11.4.